The molecule has 0 amide bonds. The number of piperazine rings is 1. The summed E-state index contributed by atoms with van der Waals surface area (Å²) >= 11 is 7.38. The van der Waals surface area contributed by atoms with Crippen LogP contribution >= 0.6 is 22.9 Å². The Balaban J connectivity index is 1.46. The minimum absolute atomic E-state index is 0.654. The molecule has 4 heterocycles. The van der Waals surface area contributed by atoms with E-state index >= 15 is 0 Å². The van der Waals surface area contributed by atoms with Crippen LogP contribution in [0, 0.1) is 0 Å². The fourth-order valence-corrected chi connectivity index (χ4v) is 3.72. The van der Waals surface area contributed by atoms with Gasteiger partial charge in [-0.1, -0.05) is 17.7 Å². The maximum Gasteiger partial charge on any atom is 0.143 e. The molecule has 1 aliphatic rings. The molecule has 6 nitrogen and oxygen atoms in total. The number of rotatable bonds is 4. The summed E-state index contributed by atoms with van der Waals surface area (Å²) < 4.78 is 0.654. The quantitative estimate of drug-likeness (QED) is 0.737. The van der Waals surface area contributed by atoms with Gasteiger partial charge in [-0.15, -0.1) is 11.3 Å². The van der Waals surface area contributed by atoms with E-state index < -0.39 is 0 Å². The maximum absolute atomic E-state index is 5.96. The number of nitrogens with zero attached hydrogens (tertiary/aromatic N) is 5. The first kappa shape index (κ1) is 17.2. The number of likely N-dealkylation sites (N-methyl/N-ethyl adjacent to an activating group) is 1. The molecule has 1 fully saturated rings. The largest absolute Gasteiger partial charge is 0.368 e. The summed E-state index contributed by atoms with van der Waals surface area (Å²) in [5.74, 6) is 1.50. The zero-order chi connectivity index (χ0) is 17.9. The van der Waals surface area contributed by atoms with E-state index in [4.69, 9.17) is 11.6 Å². The molecule has 0 spiro atoms. The first-order valence-electron chi connectivity index (χ1n) is 8.43. The van der Waals surface area contributed by atoms with Crippen LogP contribution in [0.15, 0.2) is 42.7 Å². The molecule has 26 heavy (non-hydrogen) atoms. The molecular weight excluding hydrogens is 368 g/mol. The Morgan fingerprint density at radius 3 is 2.54 bits per heavy atom. The van der Waals surface area contributed by atoms with Gasteiger partial charge in [0, 0.05) is 26.2 Å². The highest BCUT2D eigenvalue weighted by Crippen LogP contribution is 2.28. The van der Waals surface area contributed by atoms with Crippen molar-refractivity contribution in [1.29, 1.82) is 0 Å². The maximum atomic E-state index is 5.96. The summed E-state index contributed by atoms with van der Waals surface area (Å²) in [7, 11) is 2.16. The van der Waals surface area contributed by atoms with Crippen molar-refractivity contribution in [2.45, 2.75) is 0 Å². The lowest BCUT2D eigenvalue weighted by Gasteiger charge is -2.33. The molecule has 0 radical (unpaired) electrons. The first-order valence-corrected chi connectivity index (χ1v) is 9.62. The Hall–Kier alpha value is -2.22. The van der Waals surface area contributed by atoms with Crippen LogP contribution in [-0.4, -0.2) is 53.1 Å². The summed E-state index contributed by atoms with van der Waals surface area (Å²) in [5.41, 5.74) is 1.95. The van der Waals surface area contributed by atoms with Crippen molar-refractivity contribution in [1.82, 2.24) is 19.9 Å². The van der Waals surface area contributed by atoms with E-state index in [1.165, 1.54) is 11.3 Å². The van der Waals surface area contributed by atoms with Gasteiger partial charge in [-0.25, -0.2) is 15.0 Å². The van der Waals surface area contributed by atoms with E-state index in [2.05, 4.69) is 43.2 Å². The number of halogens is 1. The normalized spacial score (nSPS) is 15.2. The number of pyridine rings is 2. The molecule has 3 aromatic heterocycles. The monoisotopic (exact) mass is 386 g/mol. The lowest BCUT2D eigenvalue weighted by molar-refractivity contribution is 0.313. The van der Waals surface area contributed by atoms with Crippen molar-refractivity contribution >= 4 is 40.3 Å². The average Bonchev–Trinajstić information content (AvgIpc) is 3.10. The molecule has 1 N–H and O–H groups in total. The van der Waals surface area contributed by atoms with Crippen LogP contribution in [0.25, 0.3) is 10.7 Å². The van der Waals surface area contributed by atoms with Gasteiger partial charge < -0.3 is 15.1 Å². The van der Waals surface area contributed by atoms with E-state index in [0.29, 0.717) is 4.34 Å². The molecule has 1 saturated heterocycles. The zero-order valence-electron chi connectivity index (χ0n) is 14.4. The van der Waals surface area contributed by atoms with Crippen molar-refractivity contribution in [3.63, 3.8) is 0 Å². The topological polar surface area (TPSA) is 57.2 Å². The van der Waals surface area contributed by atoms with Gasteiger partial charge in [-0.2, -0.15) is 0 Å². The van der Waals surface area contributed by atoms with Crippen LogP contribution in [0.2, 0.25) is 4.34 Å². The Morgan fingerprint density at radius 2 is 1.85 bits per heavy atom. The molecular formula is C18H19ClN6S. The summed E-state index contributed by atoms with van der Waals surface area (Å²) in [5, 5.41) is 4.06. The van der Waals surface area contributed by atoms with Gasteiger partial charge in [0.1, 0.15) is 26.7 Å². The molecule has 0 saturated carbocycles. The first-order chi connectivity index (χ1) is 12.7. The number of hydrogen-bond donors (Lipinski definition) is 1. The lowest BCUT2D eigenvalue weighted by atomic mass is 10.3. The van der Waals surface area contributed by atoms with Crippen LogP contribution in [0.5, 0.6) is 0 Å². The predicted octanol–water partition coefficient (Wildman–Crippen LogP) is 3.75. The molecule has 0 aromatic carbocycles. The van der Waals surface area contributed by atoms with Crippen LogP contribution in [0.4, 0.5) is 17.3 Å². The van der Waals surface area contributed by atoms with Crippen molar-refractivity contribution < 1.29 is 0 Å². The highest BCUT2D eigenvalue weighted by atomic mass is 35.5. The minimum atomic E-state index is 0.654. The van der Waals surface area contributed by atoms with Gasteiger partial charge in [0.15, 0.2) is 0 Å². The summed E-state index contributed by atoms with van der Waals surface area (Å²) in [6.45, 7) is 4.23. The van der Waals surface area contributed by atoms with Gasteiger partial charge in [-0.05, 0) is 31.3 Å². The summed E-state index contributed by atoms with van der Waals surface area (Å²) in [6, 6.07) is 9.87. The summed E-state index contributed by atoms with van der Waals surface area (Å²) in [4.78, 5) is 18.1. The second kappa shape index (κ2) is 7.57. The highest BCUT2D eigenvalue weighted by Gasteiger charge is 2.14. The van der Waals surface area contributed by atoms with E-state index in [1.54, 1.807) is 6.20 Å². The van der Waals surface area contributed by atoms with Crippen LogP contribution in [-0.2, 0) is 0 Å². The van der Waals surface area contributed by atoms with Crippen LogP contribution in [0.3, 0.4) is 0 Å². The number of aromatic nitrogens is 3. The summed E-state index contributed by atoms with van der Waals surface area (Å²) in [6.07, 6.45) is 3.56. The Bertz CT molecular complexity index is 873. The van der Waals surface area contributed by atoms with Gasteiger partial charge in [0.2, 0.25) is 0 Å². The highest BCUT2D eigenvalue weighted by molar-refractivity contribution is 7.18. The molecule has 0 aliphatic carbocycles. The third kappa shape index (κ3) is 3.95. The van der Waals surface area contributed by atoms with Crippen molar-refractivity contribution in [2.24, 2.45) is 0 Å². The molecule has 1 aliphatic heterocycles. The van der Waals surface area contributed by atoms with E-state index in [-0.39, 0.29) is 0 Å². The van der Waals surface area contributed by atoms with Gasteiger partial charge in [-0.3, -0.25) is 0 Å². The lowest BCUT2D eigenvalue weighted by Crippen LogP contribution is -2.44. The average molecular weight is 387 g/mol. The molecule has 8 heteroatoms. The molecule has 0 bridgehead atoms. The fourth-order valence-electron chi connectivity index (χ4n) is 2.84. The Morgan fingerprint density at radius 1 is 1.00 bits per heavy atom. The fraction of sp³-hybridized carbons (Fsp3) is 0.278. The minimum Gasteiger partial charge on any atom is -0.368 e. The van der Waals surface area contributed by atoms with Gasteiger partial charge >= 0.3 is 0 Å². The molecule has 0 unspecified atom stereocenters. The predicted molar refractivity (Wildman–Crippen MR) is 108 cm³/mol. The van der Waals surface area contributed by atoms with E-state index in [1.807, 2.05) is 30.5 Å². The molecule has 134 valence electrons. The Kier molecular flexibility index (Phi) is 5.01. The zero-order valence-corrected chi connectivity index (χ0v) is 16.0. The van der Waals surface area contributed by atoms with Crippen molar-refractivity contribution in [2.75, 3.05) is 43.4 Å². The van der Waals surface area contributed by atoms with Crippen LogP contribution in [0.1, 0.15) is 0 Å². The van der Waals surface area contributed by atoms with Gasteiger partial charge in [0.25, 0.3) is 0 Å². The smallest absolute Gasteiger partial charge is 0.143 e. The molecule has 4 rings (SSSR count). The van der Waals surface area contributed by atoms with Gasteiger partial charge in [0.05, 0.1) is 18.1 Å². The molecule has 3 aromatic rings. The molecule has 0 atom stereocenters. The number of hydrogen-bond acceptors (Lipinski definition) is 7. The number of nitrogens with one attached hydrogen (secondary N) is 1. The standard InChI is InChI=1S/C18H19ClN6S/c1-24-7-9-25(10-8-24)13-5-6-16(20-11-13)23-17-4-2-3-14(22-17)18-21-12-15(19)26-18/h2-6,11-12H,7-10H2,1H3,(H,20,22,23). The van der Waals surface area contributed by atoms with E-state index in [9.17, 15) is 0 Å². The second-order valence-electron chi connectivity index (χ2n) is 6.19. The van der Waals surface area contributed by atoms with Crippen molar-refractivity contribution in [3.05, 3.63) is 47.1 Å². The Labute approximate surface area is 161 Å². The SMILES string of the molecule is CN1CCN(c2ccc(Nc3cccc(-c4ncc(Cl)s4)n3)nc2)CC1. The number of anilines is 3. The number of thiazole rings is 1. The van der Waals surface area contributed by atoms with Crippen LogP contribution < -0.4 is 10.2 Å². The van der Waals surface area contributed by atoms with E-state index in [0.717, 1.165) is 54.2 Å². The second-order valence-corrected chi connectivity index (χ2v) is 7.86. The third-order valence-corrected chi connectivity index (χ3v) is 5.46. The van der Waals surface area contributed by atoms with Crippen molar-refractivity contribution in [3.8, 4) is 10.7 Å². The third-order valence-electron chi connectivity index (χ3n) is 4.32.